The van der Waals surface area contributed by atoms with Crippen molar-refractivity contribution >= 4 is 17.7 Å². The molecule has 4 rings (SSSR count). The minimum Gasteiger partial charge on any atom is -0.486 e. The molecule has 1 amide bonds. The van der Waals surface area contributed by atoms with Crippen molar-refractivity contribution in [1.29, 1.82) is 0 Å². The first-order chi connectivity index (χ1) is 12.3. The third-order valence-corrected chi connectivity index (χ3v) is 5.53. The molecule has 0 bridgehead atoms. The summed E-state index contributed by atoms with van der Waals surface area (Å²) < 4.78 is 11.5. The van der Waals surface area contributed by atoms with Crippen molar-refractivity contribution in [3.63, 3.8) is 0 Å². The maximum absolute atomic E-state index is 12.1. The van der Waals surface area contributed by atoms with E-state index in [-0.39, 0.29) is 12.0 Å². The molecule has 1 unspecified atom stereocenters. The number of hydrogen-bond acceptors (Lipinski definition) is 4. The van der Waals surface area contributed by atoms with E-state index in [0.717, 1.165) is 17.9 Å². The van der Waals surface area contributed by atoms with E-state index in [0.29, 0.717) is 18.9 Å². The summed E-state index contributed by atoms with van der Waals surface area (Å²) in [6.45, 7) is 0.910. The fourth-order valence-corrected chi connectivity index (χ4v) is 4.02. The highest BCUT2D eigenvalue weighted by atomic mass is 32.2. The van der Waals surface area contributed by atoms with Gasteiger partial charge >= 0.3 is 0 Å². The quantitative estimate of drug-likeness (QED) is 0.837. The number of aryl methyl sites for hydroxylation is 2. The summed E-state index contributed by atoms with van der Waals surface area (Å²) in [5, 5.41) is 2.94. The number of carbonyl (C=O) groups is 1. The van der Waals surface area contributed by atoms with Crippen LogP contribution in [0.5, 0.6) is 11.5 Å². The largest absolute Gasteiger partial charge is 0.486 e. The number of thioether (sulfide) groups is 1. The average molecular weight is 355 g/mol. The second kappa shape index (κ2) is 7.40. The lowest BCUT2D eigenvalue weighted by molar-refractivity contribution is -0.119. The number of ether oxygens (including phenoxy) is 2. The predicted octanol–water partition coefficient (Wildman–Crippen LogP) is 3.22. The summed E-state index contributed by atoms with van der Waals surface area (Å²) in [7, 11) is 0. The number of fused-ring (bicyclic) bond motifs is 2. The van der Waals surface area contributed by atoms with Crippen LogP contribution in [0.1, 0.15) is 17.5 Å². The molecular weight excluding hydrogens is 334 g/mol. The van der Waals surface area contributed by atoms with Gasteiger partial charge in [0.05, 0.1) is 12.3 Å². The standard InChI is InChI=1S/C20H21NO3S/c22-20(13-25-17-9-8-14-4-3-5-15(14)10-17)21-11-16-12-23-18-6-1-2-7-19(18)24-16/h1-2,6-10,16H,3-5,11-13H2,(H,21,22). The molecule has 0 spiro atoms. The molecule has 2 aromatic rings. The van der Waals surface area contributed by atoms with Gasteiger partial charge < -0.3 is 14.8 Å². The summed E-state index contributed by atoms with van der Waals surface area (Å²) in [5.41, 5.74) is 2.90. The Morgan fingerprint density at radius 2 is 1.96 bits per heavy atom. The molecule has 2 aromatic carbocycles. The zero-order valence-corrected chi connectivity index (χ0v) is 14.8. The number of carbonyl (C=O) groups excluding carboxylic acids is 1. The molecule has 1 N–H and O–H groups in total. The van der Waals surface area contributed by atoms with Crippen LogP contribution in [-0.4, -0.2) is 30.9 Å². The first-order valence-electron chi connectivity index (χ1n) is 8.68. The number of nitrogens with one attached hydrogen (secondary N) is 1. The van der Waals surface area contributed by atoms with E-state index in [1.165, 1.54) is 28.9 Å². The number of amides is 1. The Morgan fingerprint density at radius 3 is 2.88 bits per heavy atom. The molecule has 0 radical (unpaired) electrons. The molecule has 1 aliphatic heterocycles. The molecule has 0 aromatic heterocycles. The van der Waals surface area contributed by atoms with Gasteiger partial charge in [-0.05, 0) is 54.7 Å². The molecule has 1 aliphatic carbocycles. The zero-order valence-electron chi connectivity index (χ0n) is 14.0. The van der Waals surface area contributed by atoms with Crippen LogP contribution in [0.4, 0.5) is 0 Å². The van der Waals surface area contributed by atoms with Crippen LogP contribution < -0.4 is 14.8 Å². The van der Waals surface area contributed by atoms with Crippen LogP contribution in [-0.2, 0) is 17.6 Å². The van der Waals surface area contributed by atoms with Gasteiger partial charge in [0.1, 0.15) is 12.7 Å². The third kappa shape index (κ3) is 3.93. The van der Waals surface area contributed by atoms with Gasteiger partial charge in [-0.2, -0.15) is 0 Å². The van der Waals surface area contributed by atoms with Crippen molar-refractivity contribution in [3.05, 3.63) is 53.6 Å². The topological polar surface area (TPSA) is 47.6 Å². The van der Waals surface area contributed by atoms with Gasteiger partial charge in [0.15, 0.2) is 11.5 Å². The zero-order chi connectivity index (χ0) is 17.1. The van der Waals surface area contributed by atoms with E-state index < -0.39 is 0 Å². The lowest BCUT2D eigenvalue weighted by Gasteiger charge is -2.26. The van der Waals surface area contributed by atoms with Crippen molar-refractivity contribution in [2.24, 2.45) is 0 Å². The summed E-state index contributed by atoms with van der Waals surface area (Å²) in [6.07, 6.45) is 3.45. The highest BCUT2D eigenvalue weighted by Crippen LogP contribution is 2.31. The second-order valence-corrected chi connectivity index (χ2v) is 7.42. The molecule has 1 heterocycles. The van der Waals surface area contributed by atoms with Gasteiger partial charge in [-0.1, -0.05) is 18.2 Å². The second-order valence-electron chi connectivity index (χ2n) is 6.37. The van der Waals surface area contributed by atoms with Crippen LogP contribution in [0.3, 0.4) is 0 Å². The van der Waals surface area contributed by atoms with Gasteiger partial charge in [-0.15, -0.1) is 11.8 Å². The van der Waals surface area contributed by atoms with Crippen molar-refractivity contribution < 1.29 is 14.3 Å². The molecule has 0 saturated carbocycles. The molecule has 5 heteroatoms. The Balaban J connectivity index is 1.23. The van der Waals surface area contributed by atoms with Gasteiger partial charge in [0.2, 0.25) is 5.91 Å². The summed E-state index contributed by atoms with van der Waals surface area (Å²) >= 11 is 1.59. The van der Waals surface area contributed by atoms with Crippen LogP contribution >= 0.6 is 11.8 Å². The molecule has 0 fully saturated rings. The maximum Gasteiger partial charge on any atom is 0.230 e. The predicted molar refractivity (Wildman–Crippen MR) is 98.6 cm³/mol. The Bertz CT molecular complexity index is 777. The third-order valence-electron chi connectivity index (χ3n) is 4.53. The van der Waals surface area contributed by atoms with Crippen LogP contribution in [0, 0.1) is 0 Å². The van der Waals surface area contributed by atoms with Gasteiger partial charge in [-0.25, -0.2) is 0 Å². The highest BCUT2D eigenvalue weighted by molar-refractivity contribution is 8.00. The van der Waals surface area contributed by atoms with E-state index in [1.807, 2.05) is 24.3 Å². The van der Waals surface area contributed by atoms with E-state index in [4.69, 9.17) is 9.47 Å². The van der Waals surface area contributed by atoms with Crippen molar-refractivity contribution in [3.8, 4) is 11.5 Å². The van der Waals surface area contributed by atoms with Crippen molar-refractivity contribution in [2.75, 3.05) is 18.9 Å². The molecule has 1 atom stereocenters. The molecule has 0 saturated heterocycles. The molecular formula is C20H21NO3S. The highest BCUT2D eigenvalue weighted by Gasteiger charge is 2.21. The van der Waals surface area contributed by atoms with E-state index in [9.17, 15) is 4.79 Å². The van der Waals surface area contributed by atoms with Gasteiger partial charge in [0, 0.05) is 4.90 Å². The van der Waals surface area contributed by atoms with Crippen LogP contribution in [0.25, 0.3) is 0 Å². The summed E-state index contributed by atoms with van der Waals surface area (Å²) in [5.74, 6) is 1.94. The molecule has 2 aliphatic rings. The Kier molecular flexibility index (Phi) is 4.83. The normalized spacial score (nSPS) is 17.8. The Hall–Kier alpha value is -2.14. The first kappa shape index (κ1) is 16.3. The number of para-hydroxylation sites is 2. The van der Waals surface area contributed by atoms with Gasteiger partial charge in [0.25, 0.3) is 0 Å². The Labute approximate surface area is 151 Å². The minimum atomic E-state index is -0.149. The van der Waals surface area contributed by atoms with E-state index in [2.05, 4.69) is 23.5 Å². The smallest absolute Gasteiger partial charge is 0.230 e. The summed E-state index contributed by atoms with van der Waals surface area (Å²) in [4.78, 5) is 13.3. The first-order valence-corrected chi connectivity index (χ1v) is 9.66. The fourth-order valence-electron chi connectivity index (χ4n) is 3.23. The lowest BCUT2D eigenvalue weighted by Crippen LogP contribution is -2.41. The number of benzene rings is 2. The van der Waals surface area contributed by atoms with E-state index >= 15 is 0 Å². The molecule has 25 heavy (non-hydrogen) atoms. The van der Waals surface area contributed by atoms with E-state index in [1.54, 1.807) is 11.8 Å². The van der Waals surface area contributed by atoms with Crippen molar-refractivity contribution in [2.45, 2.75) is 30.3 Å². The molecule has 4 nitrogen and oxygen atoms in total. The van der Waals surface area contributed by atoms with Crippen LogP contribution in [0.15, 0.2) is 47.4 Å². The average Bonchev–Trinajstić information content (AvgIpc) is 3.12. The lowest BCUT2D eigenvalue weighted by atomic mass is 10.1. The van der Waals surface area contributed by atoms with Crippen LogP contribution in [0.2, 0.25) is 0 Å². The molecule has 130 valence electrons. The van der Waals surface area contributed by atoms with Gasteiger partial charge in [-0.3, -0.25) is 4.79 Å². The fraction of sp³-hybridized carbons (Fsp3) is 0.350. The summed E-state index contributed by atoms with van der Waals surface area (Å²) in [6, 6.07) is 14.2. The van der Waals surface area contributed by atoms with Crippen molar-refractivity contribution in [1.82, 2.24) is 5.32 Å². The monoisotopic (exact) mass is 355 g/mol. The SMILES string of the molecule is O=C(CSc1ccc2c(c1)CCC2)NCC1COc2ccccc2O1. The Morgan fingerprint density at radius 1 is 1.12 bits per heavy atom. The number of hydrogen-bond donors (Lipinski definition) is 1. The number of rotatable bonds is 5. The minimum absolute atomic E-state index is 0.0213. The maximum atomic E-state index is 12.1.